The second kappa shape index (κ2) is 7.48. The van der Waals surface area contributed by atoms with Crippen molar-refractivity contribution in [3.63, 3.8) is 0 Å². The van der Waals surface area contributed by atoms with E-state index < -0.39 is 11.5 Å². The van der Waals surface area contributed by atoms with E-state index in [1.165, 1.54) is 24.5 Å². The number of ether oxygens (including phenoxy) is 2. The highest BCUT2D eigenvalue weighted by Gasteiger charge is 2.42. The van der Waals surface area contributed by atoms with Gasteiger partial charge >= 0.3 is 5.97 Å². The lowest BCUT2D eigenvalue weighted by molar-refractivity contribution is 0.00986. The van der Waals surface area contributed by atoms with Crippen molar-refractivity contribution < 1.29 is 19.1 Å². The lowest BCUT2D eigenvalue weighted by Gasteiger charge is -2.15. The zero-order valence-electron chi connectivity index (χ0n) is 15.7. The number of thiazole rings is 1. The molecule has 0 radical (unpaired) electrons. The molecule has 3 rings (SSSR count). The topological polar surface area (TPSA) is 69.9 Å². The fourth-order valence-electron chi connectivity index (χ4n) is 2.95. The number of benzene rings is 1. The van der Waals surface area contributed by atoms with Crippen molar-refractivity contribution in [1.29, 1.82) is 0 Å². The maximum Gasteiger partial charge on any atom is 0.357 e. The summed E-state index contributed by atoms with van der Waals surface area (Å²) < 4.78 is 12.5. The summed E-state index contributed by atoms with van der Waals surface area (Å²) in [6, 6.07) is 4.81. The number of halogens is 1. The van der Waals surface area contributed by atoms with Gasteiger partial charge in [-0.05, 0) is 38.5 Å². The van der Waals surface area contributed by atoms with Crippen LogP contribution in [0.2, 0.25) is 5.02 Å². The standard InChI is InChI=1S/C19H21ClN2O4S/c1-5-6-9-22-14-15(19(2,3)26-17(14)24)27-18(22)21-16(23)12-10-11(20)7-8-13(12)25-4/h7-8,10H,5-6,9H2,1-4H3/b21-18-. The molecule has 6 nitrogen and oxygen atoms in total. The maximum absolute atomic E-state index is 12.8. The monoisotopic (exact) mass is 408 g/mol. The van der Waals surface area contributed by atoms with E-state index in [0.717, 1.165) is 17.7 Å². The molecule has 0 spiro atoms. The molecule has 0 atom stereocenters. The van der Waals surface area contributed by atoms with Crippen molar-refractivity contribution in [2.75, 3.05) is 7.11 Å². The van der Waals surface area contributed by atoms with Gasteiger partial charge in [0.15, 0.2) is 4.80 Å². The van der Waals surface area contributed by atoms with Crippen molar-refractivity contribution in [3.8, 4) is 5.75 Å². The fraction of sp³-hybridized carbons (Fsp3) is 0.421. The van der Waals surface area contributed by atoms with Crippen LogP contribution in [0.1, 0.15) is 59.3 Å². The highest BCUT2D eigenvalue weighted by atomic mass is 35.5. The third-order valence-corrected chi connectivity index (χ3v) is 5.94. The molecule has 1 aliphatic heterocycles. The number of nitrogens with zero attached hydrogens (tertiary/aromatic N) is 2. The Bertz CT molecular complexity index is 975. The molecule has 1 aromatic carbocycles. The van der Waals surface area contributed by atoms with Crippen molar-refractivity contribution in [2.45, 2.75) is 45.8 Å². The Morgan fingerprint density at radius 1 is 1.41 bits per heavy atom. The molecule has 2 aromatic rings. The molecular formula is C19H21ClN2O4S. The van der Waals surface area contributed by atoms with Crippen LogP contribution in [0.5, 0.6) is 5.75 Å². The molecule has 0 aliphatic carbocycles. The quantitative estimate of drug-likeness (QED) is 0.696. The number of fused-ring (bicyclic) bond motifs is 1. The average Bonchev–Trinajstić information content (AvgIpc) is 3.08. The van der Waals surface area contributed by atoms with E-state index in [0.29, 0.717) is 27.8 Å². The summed E-state index contributed by atoms with van der Waals surface area (Å²) in [5, 5.41) is 0.423. The van der Waals surface area contributed by atoms with Crippen LogP contribution in [0, 0.1) is 0 Å². The molecule has 8 heteroatoms. The summed E-state index contributed by atoms with van der Waals surface area (Å²) in [6.45, 7) is 6.33. The van der Waals surface area contributed by atoms with Crippen molar-refractivity contribution in [3.05, 3.63) is 44.2 Å². The van der Waals surface area contributed by atoms with Gasteiger partial charge in [-0.1, -0.05) is 36.3 Å². The lowest BCUT2D eigenvalue weighted by Crippen LogP contribution is -2.22. The maximum atomic E-state index is 12.8. The van der Waals surface area contributed by atoms with Gasteiger partial charge in [-0.3, -0.25) is 4.79 Å². The second-order valence-electron chi connectivity index (χ2n) is 6.73. The van der Waals surface area contributed by atoms with Gasteiger partial charge < -0.3 is 14.0 Å². The Hall–Kier alpha value is -2.12. The molecule has 1 aromatic heterocycles. The highest BCUT2D eigenvalue weighted by molar-refractivity contribution is 7.09. The van der Waals surface area contributed by atoms with Gasteiger partial charge in [0.05, 0.1) is 17.6 Å². The van der Waals surface area contributed by atoms with Crippen molar-refractivity contribution in [2.24, 2.45) is 4.99 Å². The number of esters is 1. The number of cyclic esters (lactones) is 1. The van der Waals surface area contributed by atoms with Gasteiger partial charge in [-0.25, -0.2) is 4.79 Å². The van der Waals surface area contributed by atoms with Gasteiger partial charge in [-0.15, -0.1) is 0 Å². The SMILES string of the molecule is CCCCn1c2c(s/c1=N\C(=O)c1cc(Cl)ccc1OC)C(C)(C)OC2=O. The van der Waals surface area contributed by atoms with Crippen LogP contribution in [0.25, 0.3) is 0 Å². The van der Waals surface area contributed by atoms with E-state index in [9.17, 15) is 9.59 Å². The molecule has 1 aliphatic rings. The van der Waals surface area contributed by atoms with E-state index >= 15 is 0 Å². The molecule has 0 unspecified atom stereocenters. The fourth-order valence-corrected chi connectivity index (χ4v) is 4.31. The molecule has 0 saturated carbocycles. The second-order valence-corrected chi connectivity index (χ2v) is 8.14. The minimum atomic E-state index is -0.727. The molecule has 27 heavy (non-hydrogen) atoms. The Balaban J connectivity index is 2.14. The number of carbonyl (C=O) groups excluding carboxylic acids is 2. The smallest absolute Gasteiger partial charge is 0.357 e. The number of hydrogen-bond donors (Lipinski definition) is 0. The number of carbonyl (C=O) groups is 2. The van der Waals surface area contributed by atoms with Crippen LogP contribution in [-0.4, -0.2) is 23.6 Å². The molecular weight excluding hydrogens is 388 g/mol. The molecule has 2 heterocycles. The first-order valence-corrected chi connectivity index (χ1v) is 9.88. The minimum absolute atomic E-state index is 0.280. The Morgan fingerprint density at radius 3 is 2.81 bits per heavy atom. The van der Waals surface area contributed by atoms with Crippen LogP contribution < -0.4 is 9.54 Å². The number of unbranched alkanes of at least 4 members (excludes halogenated alkanes) is 1. The van der Waals surface area contributed by atoms with Crippen LogP contribution in [0.3, 0.4) is 0 Å². The lowest BCUT2D eigenvalue weighted by atomic mass is 10.1. The third-order valence-electron chi connectivity index (χ3n) is 4.32. The number of aromatic nitrogens is 1. The molecule has 144 valence electrons. The molecule has 0 N–H and O–H groups in total. The van der Waals surface area contributed by atoms with E-state index in [-0.39, 0.29) is 11.5 Å². The van der Waals surface area contributed by atoms with Gasteiger partial charge in [0.2, 0.25) is 0 Å². The van der Waals surface area contributed by atoms with E-state index in [1.54, 1.807) is 16.7 Å². The van der Waals surface area contributed by atoms with Crippen molar-refractivity contribution >= 4 is 34.8 Å². The van der Waals surface area contributed by atoms with Gasteiger partial charge in [0, 0.05) is 11.6 Å². The Morgan fingerprint density at radius 2 is 2.15 bits per heavy atom. The van der Waals surface area contributed by atoms with Gasteiger partial charge in [0.1, 0.15) is 17.0 Å². The molecule has 0 saturated heterocycles. The van der Waals surface area contributed by atoms with Gasteiger partial charge in [0.25, 0.3) is 5.91 Å². The molecule has 0 fully saturated rings. The Labute approximate surface area is 166 Å². The summed E-state index contributed by atoms with van der Waals surface area (Å²) in [5.41, 5.74) is 0.0424. The summed E-state index contributed by atoms with van der Waals surface area (Å²) >= 11 is 7.33. The zero-order chi connectivity index (χ0) is 19.8. The van der Waals surface area contributed by atoms with Crippen LogP contribution in [-0.2, 0) is 16.9 Å². The number of methoxy groups -OCH3 is 1. The number of hydrogen-bond acceptors (Lipinski definition) is 5. The van der Waals surface area contributed by atoms with E-state index in [4.69, 9.17) is 21.1 Å². The predicted octanol–water partition coefficient (Wildman–Crippen LogP) is 4.16. The first kappa shape index (κ1) is 19.6. The summed E-state index contributed by atoms with van der Waals surface area (Å²) in [6.07, 6.45) is 1.81. The number of rotatable bonds is 5. The van der Waals surface area contributed by atoms with Crippen molar-refractivity contribution in [1.82, 2.24) is 4.57 Å². The molecule has 0 bridgehead atoms. The first-order valence-electron chi connectivity index (χ1n) is 8.68. The number of amides is 1. The first-order chi connectivity index (χ1) is 12.8. The van der Waals surface area contributed by atoms with Gasteiger partial charge in [-0.2, -0.15) is 4.99 Å². The van der Waals surface area contributed by atoms with Crippen LogP contribution >= 0.6 is 22.9 Å². The van der Waals surface area contributed by atoms with E-state index in [1.807, 2.05) is 13.8 Å². The highest BCUT2D eigenvalue weighted by Crippen LogP contribution is 2.38. The normalized spacial score (nSPS) is 15.6. The third kappa shape index (κ3) is 3.66. The molecule has 1 amide bonds. The minimum Gasteiger partial charge on any atom is -0.496 e. The Kier molecular flexibility index (Phi) is 5.44. The predicted molar refractivity (Wildman–Crippen MR) is 104 cm³/mol. The van der Waals surface area contributed by atoms with E-state index in [2.05, 4.69) is 11.9 Å². The largest absolute Gasteiger partial charge is 0.496 e. The van der Waals surface area contributed by atoms with Crippen LogP contribution in [0.4, 0.5) is 0 Å². The van der Waals surface area contributed by atoms with Crippen LogP contribution in [0.15, 0.2) is 23.2 Å². The summed E-state index contributed by atoms with van der Waals surface area (Å²) in [4.78, 5) is 30.7. The summed E-state index contributed by atoms with van der Waals surface area (Å²) in [5.74, 6) is -0.445. The summed E-state index contributed by atoms with van der Waals surface area (Å²) in [7, 11) is 1.49. The zero-order valence-corrected chi connectivity index (χ0v) is 17.2. The average molecular weight is 409 g/mol.